The number of nitrogens with zero attached hydrogens (tertiary/aromatic N) is 3. The molecule has 0 spiro atoms. The standard InChI is InChI=1S/C20H21N3O3/c1-26-20(25)14-23(13-16-7-3-2-4-8-16)19(24)11-12-22-15-21-17-9-5-6-10-18(17)22/h2-10,15H,11-14H2,1H3. The number of aryl methyl sites for hydroxylation is 1. The molecule has 134 valence electrons. The number of esters is 1. The molecule has 6 nitrogen and oxygen atoms in total. The van der Waals surface area contributed by atoms with Gasteiger partial charge in [0.2, 0.25) is 5.91 Å². The summed E-state index contributed by atoms with van der Waals surface area (Å²) in [6, 6.07) is 17.4. The number of rotatable bonds is 7. The second-order valence-corrected chi connectivity index (χ2v) is 5.99. The quantitative estimate of drug-likeness (QED) is 0.614. The third kappa shape index (κ3) is 4.27. The fraction of sp³-hybridized carbons (Fsp3) is 0.250. The average molecular weight is 351 g/mol. The van der Waals surface area contributed by atoms with Crippen molar-refractivity contribution in [2.45, 2.75) is 19.5 Å². The summed E-state index contributed by atoms with van der Waals surface area (Å²) in [6.45, 7) is 0.820. The molecule has 26 heavy (non-hydrogen) atoms. The van der Waals surface area contributed by atoms with Gasteiger partial charge in [-0.25, -0.2) is 4.98 Å². The van der Waals surface area contributed by atoms with Crippen molar-refractivity contribution in [2.24, 2.45) is 0 Å². The van der Waals surface area contributed by atoms with Crippen LogP contribution in [0.15, 0.2) is 60.9 Å². The Morgan fingerprint density at radius 2 is 1.81 bits per heavy atom. The third-order valence-electron chi connectivity index (χ3n) is 4.21. The number of para-hydroxylation sites is 2. The van der Waals surface area contributed by atoms with E-state index in [4.69, 9.17) is 4.74 Å². The first-order valence-electron chi connectivity index (χ1n) is 8.46. The van der Waals surface area contributed by atoms with E-state index in [9.17, 15) is 9.59 Å². The Morgan fingerprint density at radius 3 is 2.58 bits per heavy atom. The zero-order valence-corrected chi connectivity index (χ0v) is 14.7. The highest BCUT2D eigenvalue weighted by Crippen LogP contribution is 2.13. The fourth-order valence-electron chi connectivity index (χ4n) is 2.82. The second-order valence-electron chi connectivity index (χ2n) is 5.99. The average Bonchev–Trinajstić information content (AvgIpc) is 3.09. The number of fused-ring (bicyclic) bond motifs is 1. The van der Waals surface area contributed by atoms with Gasteiger partial charge in [-0.2, -0.15) is 0 Å². The van der Waals surface area contributed by atoms with Crippen molar-refractivity contribution in [3.63, 3.8) is 0 Å². The molecule has 2 aromatic carbocycles. The normalized spacial score (nSPS) is 10.7. The summed E-state index contributed by atoms with van der Waals surface area (Å²) >= 11 is 0. The zero-order valence-electron chi connectivity index (χ0n) is 14.7. The van der Waals surface area contributed by atoms with Crippen LogP contribution < -0.4 is 0 Å². The van der Waals surface area contributed by atoms with E-state index in [0.29, 0.717) is 13.1 Å². The lowest BCUT2D eigenvalue weighted by Crippen LogP contribution is -2.36. The zero-order chi connectivity index (χ0) is 18.4. The highest BCUT2D eigenvalue weighted by molar-refractivity contribution is 5.82. The second kappa shape index (κ2) is 8.29. The van der Waals surface area contributed by atoms with Gasteiger partial charge >= 0.3 is 5.97 Å². The molecular weight excluding hydrogens is 330 g/mol. The number of benzene rings is 2. The number of hydrogen-bond acceptors (Lipinski definition) is 4. The first-order valence-corrected chi connectivity index (χ1v) is 8.46. The van der Waals surface area contributed by atoms with Crippen molar-refractivity contribution in [2.75, 3.05) is 13.7 Å². The maximum atomic E-state index is 12.7. The third-order valence-corrected chi connectivity index (χ3v) is 4.21. The molecule has 3 rings (SSSR count). The summed E-state index contributed by atoms with van der Waals surface area (Å²) in [5.41, 5.74) is 2.86. The number of ether oxygens (including phenoxy) is 1. The van der Waals surface area contributed by atoms with Crippen LogP contribution in [0.3, 0.4) is 0 Å². The highest BCUT2D eigenvalue weighted by atomic mass is 16.5. The summed E-state index contributed by atoms with van der Waals surface area (Å²) in [5, 5.41) is 0. The van der Waals surface area contributed by atoms with Crippen molar-refractivity contribution < 1.29 is 14.3 Å². The Balaban J connectivity index is 1.69. The van der Waals surface area contributed by atoms with Gasteiger partial charge in [-0.05, 0) is 17.7 Å². The first kappa shape index (κ1) is 17.7. The van der Waals surface area contributed by atoms with Gasteiger partial charge in [-0.1, -0.05) is 42.5 Å². The number of methoxy groups -OCH3 is 1. The van der Waals surface area contributed by atoms with Gasteiger partial charge < -0.3 is 14.2 Å². The van der Waals surface area contributed by atoms with E-state index in [1.165, 1.54) is 12.0 Å². The van der Waals surface area contributed by atoms with Gasteiger partial charge in [0.1, 0.15) is 6.54 Å². The topological polar surface area (TPSA) is 64.4 Å². The molecule has 1 heterocycles. The Bertz CT molecular complexity index is 889. The van der Waals surface area contributed by atoms with Gasteiger partial charge in [0.05, 0.1) is 24.5 Å². The van der Waals surface area contributed by atoms with Gasteiger partial charge in [0.25, 0.3) is 0 Å². The van der Waals surface area contributed by atoms with Crippen LogP contribution in [-0.4, -0.2) is 40.0 Å². The Kier molecular flexibility index (Phi) is 5.63. The number of carbonyl (C=O) groups excluding carboxylic acids is 2. The molecule has 0 N–H and O–H groups in total. The molecule has 3 aromatic rings. The van der Waals surface area contributed by atoms with Crippen LogP contribution in [0.4, 0.5) is 0 Å². The predicted octanol–water partition coefficient (Wildman–Crippen LogP) is 2.63. The molecule has 0 fully saturated rings. The van der Waals surface area contributed by atoms with Crippen LogP contribution in [-0.2, 0) is 27.4 Å². The van der Waals surface area contributed by atoms with E-state index in [1.807, 2.05) is 59.2 Å². The maximum absolute atomic E-state index is 12.7. The van der Waals surface area contributed by atoms with Gasteiger partial charge in [-0.3, -0.25) is 9.59 Å². The van der Waals surface area contributed by atoms with E-state index in [-0.39, 0.29) is 18.9 Å². The molecule has 0 bridgehead atoms. The SMILES string of the molecule is COC(=O)CN(Cc1ccccc1)C(=O)CCn1cnc2ccccc21. The molecule has 1 aromatic heterocycles. The van der Waals surface area contributed by atoms with E-state index < -0.39 is 5.97 Å². The molecule has 1 amide bonds. The lowest BCUT2D eigenvalue weighted by molar-refractivity contribution is -0.147. The molecule has 0 aliphatic heterocycles. The van der Waals surface area contributed by atoms with Crippen LogP contribution in [0.25, 0.3) is 11.0 Å². The van der Waals surface area contributed by atoms with Crippen LogP contribution in [0.2, 0.25) is 0 Å². The van der Waals surface area contributed by atoms with Crippen molar-refractivity contribution in [1.82, 2.24) is 14.5 Å². The minimum atomic E-state index is -0.428. The predicted molar refractivity (Wildman–Crippen MR) is 98.2 cm³/mol. The summed E-state index contributed by atoms with van der Waals surface area (Å²) in [7, 11) is 1.32. The number of carbonyl (C=O) groups is 2. The summed E-state index contributed by atoms with van der Waals surface area (Å²) in [6.07, 6.45) is 2.02. The molecule has 0 radical (unpaired) electrons. The summed E-state index contributed by atoms with van der Waals surface area (Å²) < 4.78 is 6.68. The number of aromatic nitrogens is 2. The van der Waals surface area contributed by atoms with Crippen LogP contribution in [0.5, 0.6) is 0 Å². The molecular formula is C20H21N3O3. The highest BCUT2D eigenvalue weighted by Gasteiger charge is 2.18. The molecule has 0 aliphatic rings. The van der Waals surface area contributed by atoms with E-state index >= 15 is 0 Å². The van der Waals surface area contributed by atoms with Crippen LogP contribution >= 0.6 is 0 Å². The Hall–Kier alpha value is -3.15. The number of hydrogen-bond donors (Lipinski definition) is 0. The molecule has 0 aliphatic carbocycles. The summed E-state index contributed by atoms with van der Waals surface area (Å²) in [5.74, 6) is -0.528. The monoisotopic (exact) mass is 351 g/mol. The minimum absolute atomic E-state index is 0.0606. The van der Waals surface area contributed by atoms with E-state index in [0.717, 1.165) is 16.6 Å². The van der Waals surface area contributed by atoms with Crippen LogP contribution in [0, 0.1) is 0 Å². The largest absolute Gasteiger partial charge is 0.468 e. The number of imidazole rings is 1. The molecule has 0 atom stereocenters. The minimum Gasteiger partial charge on any atom is -0.468 e. The van der Waals surface area contributed by atoms with Gasteiger partial charge in [-0.15, -0.1) is 0 Å². The van der Waals surface area contributed by atoms with Crippen molar-refractivity contribution in [3.05, 3.63) is 66.5 Å². The lowest BCUT2D eigenvalue weighted by Gasteiger charge is -2.22. The maximum Gasteiger partial charge on any atom is 0.325 e. The fourth-order valence-corrected chi connectivity index (χ4v) is 2.82. The molecule has 0 saturated carbocycles. The van der Waals surface area contributed by atoms with Gasteiger partial charge in [0, 0.05) is 19.5 Å². The van der Waals surface area contributed by atoms with Crippen molar-refractivity contribution in [3.8, 4) is 0 Å². The van der Waals surface area contributed by atoms with Crippen molar-refractivity contribution >= 4 is 22.9 Å². The van der Waals surface area contributed by atoms with Crippen molar-refractivity contribution in [1.29, 1.82) is 0 Å². The number of amides is 1. The van der Waals surface area contributed by atoms with E-state index in [2.05, 4.69) is 4.98 Å². The Morgan fingerprint density at radius 1 is 1.08 bits per heavy atom. The molecule has 0 saturated heterocycles. The lowest BCUT2D eigenvalue weighted by atomic mass is 10.2. The van der Waals surface area contributed by atoms with Gasteiger partial charge in [0.15, 0.2) is 0 Å². The summed E-state index contributed by atoms with van der Waals surface area (Å²) in [4.78, 5) is 30.3. The van der Waals surface area contributed by atoms with E-state index in [1.54, 1.807) is 6.33 Å². The van der Waals surface area contributed by atoms with Crippen LogP contribution in [0.1, 0.15) is 12.0 Å². The molecule has 0 unspecified atom stereocenters. The smallest absolute Gasteiger partial charge is 0.325 e. The Labute approximate surface area is 152 Å². The molecule has 6 heteroatoms. The first-order chi connectivity index (χ1) is 12.7.